The van der Waals surface area contributed by atoms with Gasteiger partial charge in [-0.2, -0.15) is 0 Å². The number of carbonyl (C=O) groups is 1. The third-order valence-corrected chi connectivity index (χ3v) is 5.19. The number of benzene rings is 2. The average molecular weight is 417 g/mol. The summed E-state index contributed by atoms with van der Waals surface area (Å²) in [5.74, 6) is -0.0122. The number of rotatable bonds is 6. The van der Waals surface area contributed by atoms with Crippen molar-refractivity contribution in [3.05, 3.63) is 64.1 Å². The maximum absolute atomic E-state index is 12.4. The van der Waals surface area contributed by atoms with Gasteiger partial charge in [-0.05, 0) is 61.7 Å². The van der Waals surface area contributed by atoms with Crippen LogP contribution in [0.1, 0.15) is 29.3 Å². The molecule has 2 aromatic rings. The van der Waals surface area contributed by atoms with Crippen molar-refractivity contribution in [2.45, 2.75) is 25.8 Å². The minimum atomic E-state index is -0.0122. The molecule has 3 rings (SSSR count). The van der Waals surface area contributed by atoms with Crippen molar-refractivity contribution in [3.63, 3.8) is 0 Å². The zero-order valence-corrected chi connectivity index (χ0v) is 16.7. The summed E-state index contributed by atoms with van der Waals surface area (Å²) >= 11 is 3.45. The van der Waals surface area contributed by atoms with E-state index in [4.69, 9.17) is 4.74 Å². The fraction of sp³-hybridized carbons (Fsp3) is 0.381. The molecule has 1 fully saturated rings. The molecule has 1 heterocycles. The number of nitrogens with one attached hydrogen (secondary N) is 1. The van der Waals surface area contributed by atoms with Crippen molar-refractivity contribution in [1.82, 2.24) is 5.32 Å². The molecule has 1 saturated heterocycles. The van der Waals surface area contributed by atoms with Crippen molar-refractivity contribution in [2.75, 3.05) is 31.2 Å². The van der Waals surface area contributed by atoms with Gasteiger partial charge in [0.25, 0.3) is 5.91 Å². The monoisotopic (exact) mass is 416 g/mol. The Hall–Kier alpha value is -1.85. The lowest BCUT2D eigenvalue weighted by atomic mass is 10.1. The first-order chi connectivity index (χ1) is 12.6. The zero-order chi connectivity index (χ0) is 18.4. The predicted octanol–water partition coefficient (Wildman–Crippen LogP) is 4.04. The number of morpholine rings is 1. The van der Waals surface area contributed by atoms with Crippen LogP contribution in [0.3, 0.4) is 0 Å². The molecule has 1 unspecified atom stereocenters. The van der Waals surface area contributed by atoms with Crippen LogP contribution in [0.15, 0.2) is 53.0 Å². The quantitative estimate of drug-likeness (QED) is 0.772. The van der Waals surface area contributed by atoms with Gasteiger partial charge in [0.1, 0.15) is 0 Å². The number of anilines is 1. The summed E-state index contributed by atoms with van der Waals surface area (Å²) in [4.78, 5) is 14.7. The fourth-order valence-corrected chi connectivity index (χ4v) is 3.32. The van der Waals surface area contributed by atoms with E-state index in [1.165, 1.54) is 5.56 Å². The number of amides is 1. The van der Waals surface area contributed by atoms with Gasteiger partial charge >= 0.3 is 0 Å². The molecule has 4 nitrogen and oxygen atoms in total. The molecule has 1 atom stereocenters. The summed E-state index contributed by atoms with van der Waals surface area (Å²) in [6.45, 7) is 5.38. The van der Waals surface area contributed by atoms with Crippen LogP contribution in [0, 0.1) is 0 Å². The Morgan fingerprint density at radius 3 is 2.42 bits per heavy atom. The fourth-order valence-electron chi connectivity index (χ4n) is 3.06. The predicted molar refractivity (Wildman–Crippen MR) is 109 cm³/mol. The van der Waals surface area contributed by atoms with Gasteiger partial charge in [-0.15, -0.1) is 0 Å². The van der Waals surface area contributed by atoms with E-state index in [1.807, 2.05) is 24.3 Å². The molecular weight excluding hydrogens is 392 g/mol. The maximum Gasteiger partial charge on any atom is 0.251 e. The minimum absolute atomic E-state index is 0.0122. The smallest absolute Gasteiger partial charge is 0.251 e. The van der Waals surface area contributed by atoms with Crippen molar-refractivity contribution >= 4 is 27.5 Å². The summed E-state index contributed by atoms with van der Waals surface area (Å²) in [5, 5.41) is 3.10. The van der Waals surface area contributed by atoms with Crippen LogP contribution in [0.2, 0.25) is 0 Å². The minimum Gasteiger partial charge on any atom is -0.378 e. The van der Waals surface area contributed by atoms with Gasteiger partial charge in [-0.3, -0.25) is 4.79 Å². The van der Waals surface area contributed by atoms with Crippen LogP contribution >= 0.6 is 15.9 Å². The highest BCUT2D eigenvalue weighted by molar-refractivity contribution is 9.10. The van der Waals surface area contributed by atoms with Crippen LogP contribution in [0.5, 0.6) is 0 Å². The molecule has 0 bridgehead atoms. The lowest BCUT2D eigenvalue weighted by molar-refractivity contribution is 0.0938. The van der Waals surface area contributed by atoms with Crippen LogP contribution in [-0.4, -0.2) is 38.3 Å². The summed E-state index contributed by atoms with van der Waals surface area (Å²) in [6.07, 6.45) is 1.87. The second-order valence-corrected chi connectivity index (χ2v) is 7.60. The van der Waals surface area contributed by atoms with Crippen molar-refractivity contribution in [2.24, 2.45) is 0 Å². The molecule has 0 aromatic heterocycles. The summed E-state index contributed by atoms with van der Waals surface area (Å²) in [7, 11) is 0. The molecule has 138 valence electrons. The molecule has 26 heavy (non-hydrogen) atoms. The molecule has 1 amide bonds. The SMILES string of the molecule is CC(CCc1ccc(Br)cc1)NC(=O)c1ccc(N2CCOCC2)cc1. The van der Waals surface area contributed by atoms with E-state index >= 15 is 0 Å². The highest BCUT2D eigenvalue weighted by atomic mass is 79.9. The second kappa shape index (κ2) is 9.19. The van der Waals surface area contributed by atoms with E-state index < -0.39 is 0 Å². The molecule has 0 radical (unpaired) electrons. The maximum atomic E-state index is 12.4. The van der Waals surface area contributed by atoms with Crippen LogP contribution in [-0.2, 0) is 11.2 Å². The third-order valence-electron chi connectivity index (χ3n) is 4.66. The van der Waals surface area contributed by atoms with E-state index in [1.54, 1.807) is 0 Å². The van der Waals surface area contributed by atoms with Crippen molar-refractivity contribution in [3.8, 4) is 0 Å². The van der Waals surface area contributed by atoms with Crippen LogP contribution in [0.25, 0.3) is 0 Å². The van der Waals surface area contributed by atoms with E-state index in [2.05, 4.69) is 57.3 Å². The van der Waals surface area contributed by atoms with Gasteiger partial charge in [0.15, 0.2) is 0 Å². The highest BCUT2D eigenvalue weighted by Gasteiger charge is 2.13. The number of hydrogen-bond acceptors (Lipinski definition) is 3. The Bertz CT molecular complexity index is 710. The molecular formula is C21H25BrN2O2. The Kier molecular flexibility index (Phi) is 6.69. The third kappa shape index (κ3) is 5.32. The first-order valence-corrected chi connectivity index (χ1v) is 9.89. The second-order valence-electron chi connectivity index (χ2n) is 6.69. The lowest BCUT2D eigenvalue weighted by Gasteiger charge is -2.28. The summed E-state index contributed by atoms with van der Waals surface area (Å²) < 4.78 is 6.47. The molecule has 1 aliphatic heterocycles. The lowest BCUT2D eigenvalue weighted by Crippen LogP contribution is -2.36. The average Bonchev–Trinajstić information content (AvgIpc) is 2.68. The van der Waals surface area contributed by atoms with Crippen LogP contribution < -0.4 is 10.2 Å². The zero-order valence-electron chi connectivity index (χ0n) is 15.1. The first kappa shape index (κ1) is 18.9. The molecule has 2 aromatic carbocycles. The van der Waals surface area contributed by atoms with Gasteiger partial charge in [0.05, 0.1) is 13.2 Å². The number of ether oxygens (including phenoxy) is 1. The normalized spacial score (nSPS) is 15.5. The van der Waals surface area contributed by atoms with Gasteiger partial charge in [-0.1, -0.05) is 28.1 Å². The van der Waals surface area contributed by atoms with Gasteiger partial charge in [0, 0.05) is 34.9 Å². The number of hydrogen-bond donors (Lipinski definition) is 1. The summed E-state index contributed by atoms with van der Waals surface area (Å²) in [6, 6.07) is 16.3. The van der Waals surface area contributed by atoms with Crippen molar-refractivity contribution < 1.29 is 9.53 Å². The Balaban J connectivity index is 1.49. The topological polar surface area (TPSA) is 41.6 Å². The van der Waals surface area contributed by atoms with E-state index in [0.717, 1.165) is 49.3 Å². The van der Waals surface area contributed by atoms with Crippen LogP contribution in [0.4, 0.5) is 5.69 Å². The highest BCUT2D eigenvalue weighted by Crippen LogP contribution is 2.17. The van der Waals surface area contributed by atoms with E-state index in [9.17, 15) is 4.79 Å². The molecule has 0 spiro atoms. The molecule has 0 aliphatic carbocycles. The number of aryl methyl sites for hydroxylation is 1. The Morgan fingerprint density at radius 2 is 1.77 bits per heavy atom. The van der Waals surface area contributed by atoms with Gasteiger partial charge < -0.3 is 15.0 Å². The van der Waals surface area contributed by atoms with E-state index in [-0.39, 0.29) is 11.9 Å². The Labute approximate surface area is 163 Å². The van der Waals surface area contributed by atoms with Gasteiger partial charge in [-0.25, -0.2) is 0 Å². The molecule has 1 N–H and O–H groups in total. The largest absolute Gasteiger partial charge is 0.378 e. The number of nitrogens with zero attached hydrogens (tertiary/aromatic N) is 1. The first-order valence-electron chi connectivity index (χ1n) is 9.10. The van der Waals surface area contributed by atoms with Gasteiger partial charge in [0.2, 0.25) is 0 Å². The van der Waals surface area contributed by atoms with Crippen molar-refractivity contribution in [1.29, 1.82) is 0 Å². The number of halogens is 1. The number of carbonyl (C=O) groups excluding carboxylic acids is 1. The standard InChI is InChI=1S/C21H25BrN2O2/c1-16(2-3-17-4-8-19(22)9-5-17)23-21(25)18-6-10-20(11-7-18)24-12-14-26-15-13-24/h4-11,16H,2-3,12-15H2,1H3,(H,23,25). The Morgan fingerprint density at radius 1 is 1.12 bits per heavy atom. The summed E-state index contributed by atoms with van der Waals surface area (Å²) in [5.41, 5.74) is 3.13. The molecule has 1 aliphatic rings. The molecule has 0 saturated carbocycles. The van der Waals surface area contributed by atoms with E-state index in [0.29, 0.717) is 5.56 Å². The molecule has 5 heteroatoms.